The van der Waals surface area contributed by atoms with Crippen LogP contribution in [0.2, 0.25) is 0 Å². The van der Waals surface area contributed by atoms with Crippen LogP contribution in [0.4, 0.5) is 5.69 Å². The van der Waals surface area contributed by atoms with E-state index in [0.717, 1.165) is 12.2 Å². The summed E-state index contributed by atoms with van der Waals surface area (Å²) < 4.78 is 0. The van der Waals surface area contributed by atoms with Crippen LogP contribution in [0, 0.1) is 6.92 Å². The lowest BCUT2D eigenvalue weighted by molar-refractivity contribution is -0.118. The summed E-state index contributed by atoms with van der Waals surface area (Å²) in [5.74, 6) is 0.0920. The maximum absolute atomic E-state index is 12.0. The third-order valence-electron chi connectivity index (χ3n) is 3.59. The lowest BCUT2D eigenvalue weighted by Crippen LogP contribution is -2.42. The van der Waals surface area contributed by atoms with E-state index in [9.17, 15) is 4.79 Å². The summed E-state index contributed by atoms with van der Waals surface area (Å²) in [4.78, 5) is 14.3. The Morgan fingerprint density at radius 2 is 2.28 bits per heavy atom. The van der Waals surface area contributed by atoms with Crippen molar-refractivity contribution in [1.29, 1.82) is 0 Å². The molecule has 2 rings (SSSR count). The van der Waals surface area contributed by atoms with Crippen LogP contribution in [0.5, 0.6) is 0 Å². The molecule has 1 saturated heterocycles. The quantitative estimate of drug-likeness (QED) is 0.889. The van der Waals surface area contributed by atoms with Gasteiger partial charge in [0.2, 0.25) is 5.91 Å². The summed E-state index contributed by atoms with van der Waals surface area (Å²) in [5, 5.41) is 2.97. The molecule has 1 N–H and O–H groups in total. The van der Waals surface area contributed by atoms with Crippen LogP contribution in [0.3, 0.4) is 0 Å². The highest BCUT2D eigenvalue weighted by Crippen LogP contribution is 2.16. The van der Waals surface area contributed by atoms with Gasteiger partial charge < -0.3 is 5.32 Å². The third kappa shape index (κ3) is 3.57. The molecule has 18 heavy (non-hydrogen) atoms. The van der Waals surface area contributed by atoms with Crippen molar-refractivity contribution in [3.05, 3.63) is 29.8 Å². The number of hydrogen-bond donors (Lipinski definition) is 1. The van der Waals surface area contributed by atoms with E-state index >= 15 is 0 Å². The number of carbonyl (C=O) groups excluding carboxylic acids is 1. The molecule has 0 aromatic heterocycles. The first-order chi connectivity index (χ1) is 8.65. The predicted octanol–water partition coefficient (Wildman–Crippen LogP) is 2.81. The zero-order valence-electron chi connectivity index (χ0n) is 11.3. The van der Waals surface area contributed by atoms with Crippen molar-refractivity contribution in [1.82, 2.24) is 4.90 Å². The van der Waals surface area contributed by atoms with Crippen LogP contribution in [-0.2, 0) is 4.79 Å². The van der Waals surface area contributed by atoms with Gasteiger partial charge in [0.15, 0.2) is 0 Å². The molecule has 1 unspecified atom stereocenters. The molecule has 1 aliphatic heterocycles. The second-order valence-electron chi connectivity index (χ2n) is 5.23. The van der Waals surface area contributed by atoms with E-state index in [1.807, 2.05) is 31.2 Å². The standard InChI is InChI=1S/C15H22N2O/c1-12-6-5-8-14(10-12)16-15(18)11-17-9-4-3-7-13(17)2/h5-6,8,10,13H,3-4,7,9,11H2,1-2H3,(H,16,18). The van der Waals surface area contributed by atoms with Gasteiger partial charge in [0.1, 0.15) is 0 Å². The predicted molar refractivity (Wildman–Crippen MR) is 74.7 cm³/mol. The highest BCUT2D eigenvalue weighted by molar-refractivity contribution is 5.92. The van der Waals surface area contributed by atoms with Gasteiger partial charge in [0.05, 0.1) is 6.54 Å². The summed E-state index contributed by atoms with van der Waals surface area (Å²) in [6, 6.07) is 8.46. The van der Waals surface area contributed by atoms with E-state index in [1.54, 1.807) is 0 Å². The van der Waals surface area contributed by atoms with Crippen molar-refractivity contribution in [2.45, 2.75) is 39.2 Å². The summed E-state index contributed by atoms with van der Waals surface area (Å²) in [6.07, 6.45) is 3.71. The number of rotatable bonds is 3. The number of nitrogens with zero attached hydrogens (tertiary/aromatic N) is 1. The van der Waals surface area contributed by atoms with Crippen LogP contribution in [0.1, 0.15) is 31.7 Å². The zero-order valence-corrected chi connectivity index (χ0v) is 11.3. The highest BCUT2D eigenvalue weighted by atomic mass is 16.2. The van der Waals surface area contributed by atoms with Gasteiger partial charge in [-0.1, -0.05) is 18.6 Å². The van der Waals surface area contributed by atoms with Gasteiger partial charge in [-0.2, -0.15) is 0 Å². The number of hydrogen-bond acceptors (Lipinski definition) is 2. The van der Waals surface area contributed by atoms with Crippen molar-refractivity contribution < 1.29 is 4.79 Å². The van der Waals surface area contributed by atoms with Gasteiger partial charge in [0, 0.05) is 11.7 Å². The highest BCUT2D eigenvalue weighted by Gasteiger charge is 2.20. The van der Waals surface area contributed by atoms with Crippen molar-refractivity contribution in [2.75, 3.05) is 18.4 Å². The molecule has 0 saturated carbocycles. The van der Waals surface area contributed by atoms with Crippen molar-refractivity contribution in [3.8, 4) is 0 Å². The lowest BCUT2D eigenvalue weighted by Gasteiger charge is -2.32. The van der Waals surface area contributed by atoms with Crippen LogP contribution in [-0.4, -0.2) is 29.9 Å². The van der Waals surface area contributed by atoms with Gasteiger partial charge in [-0.3, -0.25) is 9.69 Å². The molecule has 1 aromatic carbocycles. The largest absolute Gasteiger partial charge is 0.325 e. The Kier molecular flexibility index (Phi) is 4.37. The number of piperidine rings is 1. The molecule has 1 amide bonds. The molecule has 3 heteroatoms. The molecule has 3 nitrogen and oxygen atoms in total. The molecule has 0 spiro atoms. The van der Waals surface area contributed by atoms with Crippen LogP contribution in [0.15, 0.2) is 24.3 Å². The zero-order chi connectivity index (χ0) is 13.0. The molecule has 0 aliphatic carbocycles. The molecule has 1 aromatic rings. The fraction of sp³-hybridized carbons (Fsp3) is 0.533. The SMILES string of the molecule is Cc1cccc(NC(=O)CN2CCCCC2C)c1. The molecule has 1 heterocycles. The molecule has 0 bridgehead atoms. The number of amides is 1. The minimum Gasteiger partial charge on any atom is -0.325 e. The molecular weight excluding hydrogens is 224 g/mol. The first-order valence-electron chi connectivity index (χ1n) is 6.76. The smallest absolute Gasteiger partial charge is 0.238 e. The van der Waals surface area contributed by atoms with Crippen molar-refractivity contribution in [2.24, 2.45) is 0 Å². The van der Waals surface area contributed by atoms with Gasteiger partial charge >= 0.3 is 0 Å². The van der Waals surface area contributed by atoms with Crippen LogP contribution >= 0.6 is 0 Å². The number of nitrogens with one attached hydrogen (secondary N) is 1. The molecular formula is C15H22N2O. The summed E-state index contributed by atoms with van der Waals surface area (Å²) in [5.41, 5.74) is 2.06. The lowest BCUT2D eigenvalue weighted by atomic mass is 10.0. The maximum Gasteiger partial charge on any atom is 0.238 e. The average Bonchev–Trinajstić information content (AvgIpc) is 2.32. The third-order valence-corrected chi connectivity index (χ3v) is 3.59. The Morgan fingerprint density at radius 3 is 3.00 bits per heavy atom. The number of benzene rings is 1. The van der Waals surface area contributed by atoms with E-state index in [-0.39, 0.29) is 5.91 Å². The summed E-state index contributed by atoms with van der Waals surface area (Å²) in [7, 11) is 0. The van der Waals surface area contributed by atoms with E-state index in [1.165, 1.54) is 24.8 Å². The molecule has 1 atom stereocenters. The van der Waals surface area contributed by atoms with Crippen molar-refractivity contribution >= 4 is 11.6 Å². The van der Waals surface area contributed by atoms with E-state index in [4.69, 9.17) is 0 Å². The van der Waals surface area contributed by atoms with Gasteiger partial charge in [-0.25, -0.2) is 0 Å². The van der Waals surface area contributed by atoms with Gasteiger partial charge in [-0.15, -0.1) is 0 Å². The maximum atomic E-state index is 12.0. The molecule has 98 valence electrons. The summed E-state index contributed by atoms with van der Waals surface area (Å²) >= 11 is 0. The Labute approximate surface area is 109 Å². The number of carbonyl (C=O) groups is 1. The second-order valence-corrected chi connectivity index (χ2v) is 5.23. The van der Waals surface area contributed by atoms with E-state index in [0.29, 0.717) is 12.6 Å². The number of likely N-dealkylation sites (tertiary alicyclic amines) is 1. The Balaban J connectivity index is 1.88. The van der Waals surface area contributed by atoms with Crippen molar-refractivity contribution in [3.63, 3.8) is 0 Å². The number of aryl methyl sites for hydroxylation is 1. The molecule has 1 aliphatic rings. The molecule has 1 fully saturated rings. The second kappa shape index (κ2) is 6.01. The van der Waals surface area contributed by atoms with Gasteiger partial charge in [0.25, 0.3) is 0 Å². The Morgan fingerprint density at radius 1 is 1.44 bits per heavy atom. The fourth-order valence-electron chi connectivity index (χ4n) is 2.50. The van der Waals surface area contributed by atoms with Gasteiger partial charge in [-0.05, 0) is 50.9 Å². The minimum absolute atomic E-state index is 0.0920. The monoisotopic (exact) mass is 246 g/mol. The fourth-order valence-corrected chi connectivity index (χ4v) is 2.50. The minimum atomic E-state index is 0.0920. The Bertz CT molecular complexity index is 417. The average molecular weight is 246 g/mol. The first-order valence-corrected chi connectivity index (χ1v) is 6.76. The van der Waals surface area contributed by atoms with E-state index in [2.05, 4.69) is 17.1 Å². The van der Waals surface area contributed by atoms with Crippen LogP contribution < -0.4 is 5.32 Å². The van der Waals surface area contributed by atoms with Crippen LogP contribution in [0.25, 0.3) is 0 Å². The summed E-state index contributed by atoms with van der Waals surface area (Å²) in [6.45, 7) is 5.79. The topological polar surface area (TPSA) is 32.3 Å². The first kappa shape index (κ1) is 13.1. The molecule has 0 radical (unpaired) electrons. The van der Waals surface area contributed by atoms with E-state index < -0.39 is 0 Å². The Hall–Kier alpha value is -1.35. The normalized spacial score (nSPS) is 20.7. The number of anilines is 1.